The van der Waals surface area contributed by atoms with Gasteiger partial charge in [-0.3, -0.25) is 14.9 Å². The molecule has 0 unspecified atom stereocenters. The minimum atomic E-state index is -0.581. The maximum atomic E-state index is 12.3. The summed E-state index contributed by atoms with van der Waals surface area (Å²) in [7, 11) is 1.39. The molecule has 0 aliphatic carbocycles. The summed E-state index contributed by atoms with van der Waals surface area (Å²) in [4.78, 5) is 22.6. The van der Waals surface area contributed by atoms with Crippen LogP contribution in [0.15, 0.2) is 47.6 Å². The van der Waals surface area contributed by atoms with E-state index in [0.29, 0.717) is 5.71 Å². The van der Waals surface area contributed by atoms with Crippen LogP contribution in [-0.2, 0) is 0 Å². The zero-order chi connectivity index (χ0) is 17.7. The molecule has 1 amide bonds. The first-order valence-electron chi connectivity index (χ1n) is 7.16. The molecule has 0 atom stereocenters. The van der Waals surface area contributed by atoms with E-state index in [9.17, 15) is 14.9 Å². The molecule has 2 rings (SSSR count). The highest BCUT2D eigenvalue weighted by Crippen LogP contribution is 2.23. The van der Waals surface area contributed by atoms with Gasteiger partial charge in [0.15, 0.2) is 0 Å². The number of nitro groups is 1. The fourth-order valence-electron chi connectivity index (χ4n) is 2.04. The fraction of sp³-hybridized carbons (Fsp3) is 0.176. The lowest BCUT2D eigenvalue weighted by atomic mass is 10.1. The summed E-state index contributed by atoms with van der Waals surface area (Å²) in [5.41, 5.74) is 4.86. The molecular weight excluding hydrogens is 310 g/mol. The van der Waals surface area contributed by atoms with Crippen LogP contribution in [0.3, 0.4) is 0 Å². The Morgan fingerprint density at radius 2 is 1.88 bits per heavy atom. The van der Waals surface area contributed by atoms with E-state index in [-0.39, 0.29) is 17.0 Å². The average Bonchev–Trinajstić information content (AvgIpc) is 2.59. The number of hydrogen-bond donors (Lipinski definition) is 1. The molecule has 2 aromatic carbocycles. The van der Waals surface area contributed by atoms with E-state index in [4.69, 9.17) is 4.74 Å². The van der Waals surface area contributed by atoms with Crippen molar-refractivity contribution in [1.29, 1.82) is 0 Å². The molecule has 0 aromatic heterocycles. The molecule has 0 aliphatic rings. The van der Waals surface area contributed by atoms with Crippen molar-refractivity contribution in [2.75, 3.05) is 7.11 Å². The van der Waals surface area contributed by atoms with Gasteiger partial charge in [0.2, 0.25) is 0 Å². The van der Waals surface area contributed by atoms with Crippen molar-refractivity contribution < 1.29 is 14.5 Å². The summed E-state index contributed by atoms with van der Waals surface area (Å²) < 4.78 is 5.07. The second-order valence-corrected chi connectivity index (χ2v) is 5.15. The molecule has 0 aliphatic heterocycles. The lowest BCUT2D eigenvalue weighted by molar-refractivity contribution is -0.384. The summed E-state index contributed by atoms with van der Waals surface area (Å²) in [5, 5.41) is 14.9. The van der Waals surface area contributed by atoms with Gasteiger partial charge in [-0.25, -0.2) is 5.43 Å². The number of aryl methyl sites for hydroxylation is 1. The Labute approximate surface area is 139 Å². The van der Waals surface area contributed by atoms with Crippen molar-refractivity contribution in [3.05, 3.63) is 69.3 Å². The first-order chi connectivity index (χ1) is 11.4. The number of hydrazone groups is 1. The Kier molecular flexibility index (Phi) is 5.26. The van der Waals surface area contributed by atoms with Crippen LogP contribution >= 0.6 is 0 Å². The van der Waals surface area contributed by atoms with Gasteiger partial charge in [0, 0.05) is 12.1 Å². The monoisotopic (exact) mass is 327 g/mol. The van der Waals surface area contributed by atoms with Gasteiger partial charge in [-0.15, -0.1) is 0 Å². The number of carbonyl (C=O) groups excluding carboxylic acids is 1. The van der Waals surface area contributed by atoms with Crippen molar-refractivity contribution in [3.63, 3.8) is 0 Å². The van der Waals surface area contributed by atoms with Crippen LogP contribution in [-0.4, -0.2) is 23.7 Å². The van der Waals surface area contributed by atoms with E-state index in [1.165, 1.54) is 19.2 Å². The van der Waals surface area contributed by atoms with E-state index >= 15 is 0 Å². The lowest BCUT2D eigenvalue weighted by Gasteiger charge is -2.07. The Bertz CT molecular complexity index is 798. The molecule has 0 fully saturated rings. The summed E-state index contributed by atoms with van der Waals surface area (Å²) in [6.45, 7) is 3.74. The molecule has 0 spiro atoms. The van der Waals surface area contributed by atoms with Gasteiger partial charge >= 0.3 is 0 Å². The van der Waals surface area contributed by atoms with Gasteiger partial charge in [0.1, 0.15) is 5.75 Å². The highest BCUT2D eigenvalue weighted by molar-refractivity contribution is 6.01. The van der Waals surface area contributed by atoms with Crippen molar-refractivity contribution in [2.24, 2.45) is 5.10 Å². The van der Waals surface area contributed by atoms with Gasteiger partial charge < -0.3 is 4.74 Å². The Morgan fingerprint density at radius 1 is 1.21 bits per heavy atom. The maximum absolute atomic E-state index is 12.3. The second-order valence-electron chi connectivity index (χ2n) is 5.15. The number of methoxy groups -OCH3 is 1. The summed E-state index contributed by atoms with van der Waals surface area (Å²) in [5.74, 6) is -0.344. The average molecular weight is 327 g/mol. The van der Waals surface area contributed by atoms with Gasteiger partial charge in [0.05, 0.1) is 23.3 Å². The molecule has 0 saturated heterocycles. The standard InChI is InChI=1S/C17H17N3O4/c1-11-4-6-13(7-5-11)12(2)18-19-17(21)15-10-14(20(22)23)8-9-16(15)24-3/h4-10H,1-3H3,(H,19,21)/b18-12-. The molecule has 124 valence electrons. The topological polar surface area (TPSA) is 93.8 Å². The SMILES string of the molecule is COc1ccc([N+](=O)[O-])cc1C(=O)N/N=C(/C)c1ccc(C)cc1. The number of hydrogen-bond acceptors (Lipinski definition) is 5. The maximum Gasteiger partial charge on any atom is 0.275 e. The highest BCUT2D eigenvalue weighted by atomic mass is 16.6. The first kappa shape index (κ1) is 17.1. The third-order valence-electron chi connectivity index (χ3n) is 3.43. The van der Waals surface area contributed by atoms with Crippen molar-refractivity contribution in [2.45, 2.75) is 13.8 Å². The lowest BCUT2D eigenvalue weighted by Crippen LogP contribution is -2.20. The van der Waals surface area contributed by atoms with Crippen LogP contribution in [0.5, 0.6) is 5.75 Å². The normalized spacial score (nSPS) is 11.0. The number of amides is 1. The minimum absolute atomic E-state index is 0.0483. The number of nitrogens with zero attached hydrogens (tertiary/aromatic N) is 2. The number of ether oxygens (including phenoxy) is 1. The number of benzene rings is 2. The molecule has 0 radical (unpaired) electrons. The second kappa shape index (κ2) is 7.36. The molecule has 0 bridgehead atoms. The molecular formula is C17H17N3O4. The van der Waals surface area contributed by atoms with Gasteiger partial charge in [-0.05, 0) is 25.5 Å². The van der Waals surface area contributed by atoms with Crippen molar-refractivity contribution in [3.8, 4) is 5.75 Å². The van der Waals surface area contributed by atoms with Crippen LogP contribution in [0.4, 0.5) is 5.69 Å². The Hall–Kier alpha value is -3.22. The molecule has 24 heavy (non-hydrogen) atoms. The third kappa shape index (κ3) is 3.95. The molecule has 7 heteroatoms. The molecule has 0 saturated carbocycles. The number of nitrogens with one attached hydrogen (secondary N) is 1. The van der Waals surface area contributed by atoms with Gasteiger partial charge in [-0.2, -0.15) is 5.10 Å². The largest absolute Gasteiger partial charge is 0.496 e. The number of rotatable bonds is 5. The van der Waals surface area contributed by atoms with Crippen molar-refractivity contribution in [1.82, 2.24) is 5.43 Å². The summed E-state index contributed by atoms with van der Waals surface area (Å²) in [6, 6.07) is 11.5. The van der Waals surface area contributed by atoms with Gasteiger partial charge in [-0.1, -0.05) is 29.8 Å². The predicted molar refractivity (Wildman–Crippen MR) is 90.5 cm³/mol. The minimum Gasteiger partial charge on any atom is -0.496 e. The van der Waals surface area contributed by atoms with E-state index in [1.54, 1.807) is 6.92 Å². The molecule has 0 heterocycles. The quantitative estimate of drug-likeness (QED) is 0.519. The van der Waals surface area contributed by atoms with Crippen LogP contribution in [0.1, 0.15) is 28.4 Å². The van der Waals surface area contributed by atoms with E-state index < -0.39 is 10.8 Å². The van der Waals surface area contributed by atoms with E-state index in [1.807, 2.05) is 31.2 Å². The predicted octanol–water partition coefficient (Wildman–Crippen LogP) is 3.07. The first-order valence-corrected chi connectivity index (χ1v) is 7.16. The zero-order valence-corrected chi connectivity index (χ0v) is 13.6. The molecule has 7 nitrogen and oxygen atoms in total. The van der Waals surface area contributed by atoms with Gasteiger partial charge in [0.25, 0.3) is 11.6 Å². The van der Waals surface area contributed by atoms with E-state index in [2.05, 4.69) is 10.5 Å². The van der Waals surface area contributed by atoms with Crippen LogP contribution in [0.2, 0.25) is 0 Å². The number of non-ortho nitro benzene ring substituents is 1. The molecule has 1 N–H and O–H groups in total. The number of carbonyl (C=O) groups is 1. The van der Waals surface area contributed by atoms with Crippen LogP contribution < -0.4 is 10.2 Å². The smallest absolute Gasteiger partial charge is 0.275 e. The highest BCUT2D eigenvalue weighted by Gasteiger charge is 2.17. The van der Waals surface area contributed by atoms with Crippen LogP contribution in [0, 0.1) is 17.0 Å². The Balaban J connectivity index is 2.22. The molecule has 2 aromatic rings. The Morgan fingerprint density at radius 3 is 2.46 bits per heavy atom. The fourth-order valence-corrected chi connectivity index (χ4v) is 2.04. The van der Waals surface area contributed by atoms with E-state index in [0.717, 1.165) is 17.2 Å². The summed E-state index contributed by atoms with van der Waals surface area (Å²) in [6.07, 6.45) is 0. The zero-order valence-electron chi connectivity index (χ0n) is 13.6. The van der Waals surface area contributed by atoms with Crippen LogP contribution in [0.25, 0.3) is 0 Å². The third-order valence-corrected chi connectivity index (χ3v) is 3.43. The number of nitro benzene ring substituents is 1. The summed E-state index contributed by atoms with van der Waals surface area (Å²) >= 11 is 0. The van der Waals surface area contributed by atoms with Crippen molar-refractivity contribution >= 4 is 17.3 Å².